The Morgan fingerprint density at radius 2 is 1.91 bits per heavy atom. The highest BCUT2D eigenvalue weighted by Gasteiger charge is 2.28. The van der Waals surface area contributed by atoms with Crippen LogP contribution in [0.3, 0.4) is 0 Å². The maximum Gasteiger partial charge on any atom is 0.228 e. The van der Waals surface area contributed by atoms with Gasteiger partial charge in [0.25, 0.3) is 0 Å². The predicted octanol–water partition coefficient (Wildman–Crippen LogP) is 3.79. The number of benzene rings is 1. The highest BCUT2D eigenvalue weighted by atomic mass is 35.5. The number of hydrogen-bond donors (Lipinski definition) is 1. The third kappa shape index (κ3) is 3.73. The number of nitrogens with one attached hydrogen (secondary N) is 1. The lowest BCUT2D eigenvalue weighted by Crippen LogP contribution is -2.29. The summed E-state index contributed by atoms with van der Waals surface area (Å²) >= 11 is 0. The van der Waals surface area contributed by atoms with Gasteiger partial charge in [-0.25, -0.2) is 0 Å². The lowest BCUT2D eigenvalue weighted by molar-refractivity contribution is -0.115. The minimum absolute atomic E-state index is 0. The molecule has 2 rings (SSSR count). The summed E-state index contributed by atoms with van der Waals surface area (Å²) in [4.78, 5) is 14.3. The maximum absolute atomic E-state index is 11.8. The molecule has 0 aromatic heterocycles. The van der Waals surface area contributed by atoms with Gasteiger partial charge in [-0.15, -0.1) is 12.4 Å². The molecule has 1 amide bonds. The van der Waals surface area contributed by atoms with Crippen molar-refractivity contribution in [2.24, 2.45) is 0 Å². The van der Waals surface area contributed by atoms with E-state index in [0.717, 1.165) is 42.9 Å². The van der Waals surface area contributed by atoms with Crippen LogP contribution < -0.4 is 10.1 Å². The second-order valence-corrected chi connectivity index (χ2v) is 5.65. The zero-order chi connectivity index (χ0) is 15.4. The van der Waals surface area contributed by atoms with Gasteiger partial charge in [0.1, 0.15) is 5.75 Å². The normalized spacial score (nSPS) is 14.3. The number of amides is 1. The van der Waals surface area contributed by atoms with E-state index in [1.807, 2.05) is 6.07 Å². The van der Waals surface area contributed by atoms with Crippen LogP contribution in [0.4, 0.5) is 5.69 Å². The Morgan fingerprint density at radius 1 is 1.27 bits per heavy atom. The van der Waals surface area contributed by atoms with E-state index in [1.54, 1.807) is 7.11 Å². The molecule has 1 aromatic carbocycles. The average Bonchev–Trinajstić information content (AvgIpc) is 2.86. The third-order valence-corrected chi connectivity index (χ3v) is 4.15. The highest BCUT2D eigenvalue weighted by Crippen LogP contribution is 2.39. The van der Waals surface area contributed by atoms with Crippen molar-refractivity contribution >= 4 is 24.0 Å². The molecular formula is C17H27ClN2O2. The number of carbonyl (C=O) groups excluding carboxylic acids is 1. The smallest absolute Gasteiger partial charge is 0.228 e. The van der Waals surface area contributed by atoms with Gasteiger partial charge in [0.2, 0.25) is 5.91 Å². The molecule has 0 saturated carbocycles. The number of fused-ring (bicyclic) bond motifs is 1. The molecule has 1 heterocycles. The first-order valence-corrected chi connectivity index (χ1v) is 7.86. The molecule has 22 heavy (non-hydrogen) atoms. The summed E-state index contributed by atoms with van der Waals surface area (Å²) in [5, 5.41) is 2.93. The van der Waals surface area contributed by atoms with E-state index in [1.165, 1.54) is 5.56 Å². The van der Waals surface area contributed by atoms with Gasteiger partial charge < -0.3 is 10.1 Å². The van der Waals surface area contributed by atoms with E-state index < -0.39 is 0 Å². The molecule has 1 aliphatic heterocycles. The van der Waals surface area contributed by atoms with Gasteiger partial charge in [0.05, 0.1) is 19.2 Å². The highest BCUT2D eigenvalue weighted by molar-refractivity contribution is 6.01. The monoisotopic (exact) mass is 326 g/mol. The van der Waals surface area contributed by atoms with Crippen molar-refractivity contribution in [1.29, 1.82) is 0 Å². The first-order chi connectivity index (χ1) is 10.1. The summed E-state index contributed by atoms with van der Waals surface area (Å²) in [6, 6.07) is 4.39. The molecule has 4 nitrogen and oxygen atoms in total. The topological polar surface area (TPSA) is 41.6 Å². The Labute approximate surface area is 139 Å². The molecule has 1 atom stereocenters. The van der Waals surface area contributed by atoms with Crippen LogP contribution in [0.5, 0.6) is 5.75 Å². The molecule has 5 heteroatoms. The summed E-state index contributed by atoms with van der Waals surface area (Å²) in [5.74, 6) is 0.810. The Morgan fingerprint density at radius 3 is 2.45 bits per heavy atom. The molecule has 1 N–H and O–H groups in total. The van der Waals surface area contributed by atoms with Gasteiger partial charge in [-0.05, 0) is 50.0 Å². The van der Waals surface area contributed by atoms with Crippen molar-refractivity contribution in [3.8, 4) is 5.75 Å². The maximum atomic E-state index is 11.8. The number of methoxy groups -OCH3 is 1. The number of carbonyl (C=O) groups is 1. The van der Waals surface area contributed by atoms with Crippen LogP contribution >= 0.6 is 12.4 Å². The van der Waals surface area contributed by atoms with Crippen LogP contribution in [0.1, 0.15) is 50.8 Å². The van der Waals surface area contributed by atoms with Gasteiger partial charge in [-0.3, -0.25) is 9.69 Å². The minimum atomic E-state index is 0. The molecule has 0 fully saturated rings. The van der Waals surface area contributed by atoms with Crippen molar-refractivity contribution < 1.29 is 9.53 Å². The zero-order valence-electron chi connectivity index (χ0n) is 13.9. The first-order valence-electron chi connectivity index (χ1n) is 7.86. The number of hydrogen-bond acceptors (Lipinski definition) is 3. The van der Waals surface area contributed by atoms with Crippen LogP contribution in [0.25, 0.3) is 0 Å². The number of anilines is 1. The van der Waals surface area contributed by atoms with Gasteiger partial charge in [-0.2, -0.15) is 0 Å². The zero-order valence-corrected chi connectivity index (χ0v) is 14.8. The summed E-state index contributed by atoms with van der Waals surface area (Å²) < 4.78 is 5.37. The lowest BCUT2D eigenvalue weighted by Gasteiger charge is -2.30. The number of halogens is 1. The van der Waals surface area contributed by atoms with Gasteiger partial charge in [-0.1, -0.05) is 19.9 Å². The molecule has 1 unspecified atom stereocenters. The van der Waals surface area contributed by atoms with Gasteiger partial charge in [0.15, 0.2) is 0 Å². The van der Waals surface area contributed by atoms with Crippen molar-refractivity contribution in [3.63, 3.8) is 0 Å². The third-order valence-electron chi connectivity index (χ3n) is 4.15. The standard InChI is InChI=1S/C17H26N2O2.ClH/c1-5-9-19(10-6-2)12(3)13-7-8-15(21-4)17-14(13)11-16(20)18-17;/h7-8,12H,5-6,9-11H2,1-4H3,(H,18,20);1H. The van der Waals surface area contributed by atoms with Crippen molar-refractivity contribution in [1.82, 2.24) is 4.90 Å². The molecule has 0 spiro atoms. The molecule has 0 saturated heterocycles. The molecular weight excluding hydrogens is 300 g/mol. The van der Waals surface area contributed by atoms with Crippen molar-refractivity contribution in [2.45, 2.75) is 46.1 Å². The molecule has 1 aliphatic rings. The molecule has 124 valence electrons. The van der Waals surface area contributed by atoms with Crippen LogP contribution in [-0.4, -0.2) is 31.0 Å². The van der Waals surface area contributed by atoms with E-state index >= 15 is 0 Å². The fraction of sp³-hybridized carbons (Fsp3) is 0.588. The Bertz CT molecular complexity index is 514. The fourth-order valence-corrected chi connectivity index (χ4v) is 3.15. The predicted molar refractivity (Wildman–Crippen MR) is 93.1 cm³/mol. The van der Waals surface area contributed by atoms with E-state index in [-0.39, 0.29) is 18.3 Å². The summed E-state index contributed by atoms with van der Waals surface area (Å²) in [6.07, 6.45) is 2.73. The van der Waals surface area contributed by atoms with Gasteiger partial charge in [0, 0.05) is 6.04 Å². The summed E-state index contributed by atoms with van der Waals surface area (Å²) in [5.41, 5.74) is 3.20. The molecule has 0 aliphatic carbocycles. The van der Waals surface area contributed by atoms with Crippen LogP contribution in [-0.2, 0) is 11.2 Å². The minimum Gasteiger partial charge on any atom is -0.495 e. The van der Waals surface area contributed by atoms with Crippen LogP contribution in [0.15, 0.2) is 12.1 Å². The second kappa shape index (κ2) is 8.39. The Hall–Kier alpha value is -1.26. The summed E-state index contributed by atoms with van der Waals surface area (Å²) in [6.45, 7) is 8.81. The first kappa shape index (κ1) is 18.8. The SMILES string of the molecule is CCCN(CCC)C(C)c1ccc(OC)c2c1CC(=O)N2.Cl. The molecule has 0 bridgehead atoms. The van der Waals surface area contributed by atoms with Crippen molar-refractivity contribution in [2.75, 3.05) is 25.5 Å². The quantitative estimate of drug-likeness (QED) is 0.828. The van der Waals surface area contributed by atoms with E-state index in [2.05, 4.69) is 37.1 Å². The van der Waals surface area contributed by atoms with Crippen molar-refractivity contribution in [3.05, 3.63) is 23.3 Å². The van der Waals surface area contributed by atoms with Gasteiger partial charge >= 0.3 is 0 Å². The van der Waals surface area contributed by atoms with Crippen LogP contribution in [0.2, 0.25) is 0 Å². The fourth-order valence-electron chi connectivity index (χ4n) is 3.15. The number of rotatable bonds is 7. The second-order valence-electron chi connectivity index (χ2n) is 5.65. The average molecular weight is 327 g/mol. The van der Waals surface area contributed by atoms with Crippen LogP contribution in [0, 0.1) is 0 Å². The Balaban J connectivity index is 0.00000242. The molecule has 0 radical (unpaired) electrons. The largest absolute Gasteiger partial charge is 0.495 e. The number of nitrogens with zero attached hydrogens (tertiary/aromatic N) is 1. The molecule has 1 aromatic rings. The number of ether oxygens (including phenoxy) is 1. The summed E-state index contributed by atoms with van der Waals surface area (Å²) in [7, 11) is 1.64. The van der Waals surface area contributed by atoms with E-state index in [4.69, 9.17) is 4.74 Å². The lowest BCUT2D eigenvalue weighted by atomic mass is 9.97. The van der Waals surface area contributed by atoms with E-state index in [0.29, 0.717) is 12.5 Å². The Kier molecular flexibility index (Phi) is 7.17. The van der Waals surface area contributed by atoms with E-state index in [9.17, 15) is 4.79 Å².